The Bertz CT molecular complexity index is 1230. The van der Waals surface area contributed by atoms with Gasteiger partial charge in [-0.1, -0.05) is 36.4 Å². The van der Waals surface area contributed by atoms with Crippen LogP contribution in [-0.4, -0.2) is 9.97 Å². The van der Waals surface area contributed by atoms with E-state index in [1.807, 2.05) is 24.3 Å². The predicted molar refractivity (Wildman–Crippen MR) is 117 cm³/mol. The summed E-state index contributed by atoms with van der Waals surface area (Å²) in [7, 11) is 0. The van der Waals surface area contributed by atoms with Crippen molar-refractivity contribution in [3.63, 3.8) is 0 Å². The maximum Gasteiger partial charge on any atom is 0.159 e. The van der Waals surface area contributed by atoms with Gasteiger partial charge in [0.25, 0.3) is 0 Å². The SMILES string of the molecule is C=CCCc1cnc(-c2ccc3c(F)c(CCc4ccc(F)c(F)c4)ccc3c2)nc1. The van der Waals surface area contributed by atoms with Crippen LogP contribution in [0, 0.1) is 17.5 Å². The molecular weight excluding hydrogens is 397 g/mol. The standard InChI is InChI=1S/C26H21F3N2/c1-2-3-4-18-15-30-26(31-16-18)21-10-11-22-20(14-21)9-8-19(25(22)29)7-5-17-6-12-23(27)24(28)13-17/h2,6,8-16H,1,3-5,7H2. The van der Waals surface area contributed by atoms with Gasteiger partial charge in [-0.05, 0) is 66.0 Å². The molecule has 0 aliphatic rings. The fourth-order valence-electron chi connectivity index (χ4n) is 3.55. The van der Waals surface area contributed by atoms with Crippen molar-refractivity contribution in [3.05, 3.63) is 108 Å². The molecule has 4 rings (SSSR count). The van der Waals surface area contributed by atoms with E-state index in [-0.39, 0.29) is 5.82 Å². The van der Waals surface area contributed by atoms with E-state index < -0.39 is 11.6 Å². The van der Waals surface area contributed by atoms with E-state index in [1.165, 1.54) is 6.07 Å². The van der Waals surface area contributed by atoms with E-state index in [2.05, 4.69) is 16.5 Å². The quantitative estimate of drug-likeness (QED) is 0.315. The molecule has 2 nitrogen and oxygen atoms in total. The minimum absolute atomic E-state index is 0.299. The molecule has 0 bridgehead atoms. The summed E-state index contributed by atoms with van der Waals surface area (Å²) in [6.07, 6.45) is 8.00. The summed E-state index contributed by atoms with van der Waals surface area (Å²) in [6, 6.07) is 12.8. The van der Waals surface area contributed by atoms with Crippen molar-refractivity contribution in [2.45, 2.75) is 25.7 Å². The smallest absolute Gasteiger partial charge is 0.159 e. The van der Waals surface area contributed by atoms with Crippen LogP contribution in [0.4, 0.5) is 13.2 Å². The molecule has 0 aliphatic heterocycles. The summed E-state index contributed by atoms with van der Waals surface area (Å²) < 4.78 is 41.5. The highest BCUT2D eigenvalue weighted by atomic mass is 19.2. The van der Waals surface area contributed by atoms with Crippen LogP contribution < -0.4 is 0 Å². The summed E-state index contributed by atoms with van der Waals surface area (Å²) >= 11 is 0. The third-order valence-electron chi connectivity index (χ3n) is 5.30. The Morgan fingerprint density at radius 2 is 1.58 bits per heavy atom. The molecule has 156 valence electrons. The number of halogens is 3. The van der Waals surface area contributed by atoms with Gasteiger partial charge in [0.15, 0.2) is 17.5 Å². The first kappa shape index (κ1) is 20.8. The van der Waals surface area contributed by atoms with Crippen LogP contribution in [-0.2, 0) is 19.3 Å². The van der Waals surface area contributed by atoms with Crippen LogP contribution >= 0.6 is 0 Å². The lowest BCUT2D eigenvalue weighted by Crippen LogP contribution is -1.98. The Hall–Kier alpha value is -3.47. The topological polar surface area (TPSA) is 25.8 Å². The number of hydrogen-bond donors (Lipinski definition) is 0. The van der Waals surface area contributed by atoms with Gasteiger partial charge in [-0.15, -0.1) is 6.58 Å². The minimum Gasteiger partial charge on any atom is -0.236 e. The zero-order valence-electron chi connectivity index (χ0n) is 16.9. The number of rotatable bonds is 7. The van der Waals surface area contributed by atoms with Crippen molar-refractivity contribution >= 4 is 10.8 Å². The predicted octanol–water partition coefficient (Wildman–Crippen LogP) is 6.62. The van der Waals surface area contributed by atoms with Gasteiger partial charge in [-0.2, -0.15) is 0 Å². The summed E-state index contributed by atoms with van der Waals surface area (Å²) in [4.78, 5) is 8.86. The van der Waals surface area contributed by atoms with Crippen LogP contribution in [0.1, 0.15) is 23.1 Å². The highest BCUT2D eigenvalue weighted by molar-refractivity contribution is 5.87. The molecular formula is C26H21F3N2. The maximum absolute atomic E-state index is 15.0. The second-order valence-electron chi connectivity index (χ2n) is 7.47. The molecule has 0 saturated heterocycles. The van der Waals surface area contributed by atoms with Crippen LogP contribution in [0.2, 0.25) is 0 Å². The number of aryl methyl sites for hydroxylation is 3. The molecule has 0 fully saturated rings. The normalized spacial score (nSPS) is 11.1. The number of nitrogens with zero attached hydrogens (tertiary/aromatic N) is 2. The molecule has 0 spiro atoms. The monoisotopic (exact) mass is 418 g/mol. The molecule has 0 atom stereocenters. The third-order valence-corrected chi connectivity index (χ3v) is 5.30. The van der Waals surface area contributed by atoms with Gasteiger partial charge in [0, 0.05) is 23.3 Å². The van der Waals surface area contributed by atoms with Gasteiger partial charge in [0.1, 0.15) is 5.82 Å². The van der Waals surface area contributed by atoms with E-state index in [9.17, 15) is 8.78 Å². The molecule has 0 saturated carbocycles. The van der Waals surface area contributed by atoms with Gasteiger partial charge in [0.2, 0.25) is 0 Å². The Labute approximate surface area is 179 Å². The minimum atomic E-state index is -0.889. The first-order chi connectivity index (χ1) is 15.0. The lowest BCUT2D eigenvalue weighted by Gasteiger charge is -2.09. The van der Waals surface area contributed by atoms with Gasteiger partial charge in [-0.3, -0.25) is 0 Å². The molecule has 0 aliphatic carbocycles. The van der Waals surface area contributed by atoms with Crippen LogP contribution in [0.15, 0.2) is 73.6 Å². The van der Waals surface area contributed by atoms with E-state index in [0.29, 0.717) is 35.2 Å². The van der Waals surface area contributed by atoms with Crippen LogP contribution in [0.3, 0.4) is 0 Å². The second-order valence-corrected chi connectivity index (χ2v) is 7.47. The number of aromatic nitrogens is 2. The van der Waals surface area contributed by atoms with Crippen molar-refractivity contribution in [3.8, 4) is 11.4 Å². The van der Waals surface area contributed by atoms with Gasteiger partial charge in [-0.25, -0.2) is 23.1 Å². The Balaban J connectivity index is 1.54. The molecule has 3 aromatic carbocycles. The van der Waals surface area contributed by atoms with Crippen LogP contribution in [0.25, 0.3) is 22.2 Å². The molecule has 0 N–H and O–H groups in total. The molecule has 0 amide bonds. The van der Waals surface area contributed by atoms with Crippen molar-refractivity contribution < 1.29 is 13.2 Å². The van der Waals surface area contributed by atoms with Crippen LogP contribution in [0.5, 0.6) is 0 Å². The number of allylic oxidation sites excluding steroid dienone is 1. The summed E-state index contributed by atoms with van der Waals surface area (Å²) in [6.45, 7) is 3.72. The Morgan fingerprint density at radius 1 is 0.774 bits per heavy atom. The number of fused-ring (bicyclic) bond motifs is 1. The molecule has 1 aromatic heterocycles. The molecule has 0 unspecified atom stereocenters. The number of benzene rings is 3. The van der Waals surface area contributed by atoms with Crippen molar-refractivity contribution in [1.29, 1.82) is 0 Å². The molecule has 1 heterocycles. The third kappa shape index (κ3) is 4.66. The van der Waals surface area contributed by atoms with Gasteiger partial charge < -0.3 is 0 Å². The molecule has 5 heteroatoms. The molecule has 31 heavy (non-hydrogen) atoms. The summed E-state index contributed by atoms with van der Waals surface area (Å²) in [5.41, 5.74) is 3.02. The van der Waals surface area contributed by atoms with E-state index in [1.54, 1.807) is 24.5 Å². The summed E-state index contributed by atoms with van der Waals surface area (Å²) in [5, 5.41) is 1.26. The largest absolute Gasteiger partial charge is 0.236 e. The molecule has 0 radical (unpaired) electrons. The van der Waals surface area contributed by atoms with Gasteiger partial charge >= 0.3 is 0 Å². The summed E-state index contributed by atoms with van der Waals surface area (Å²) in [5.74, 6) is -1.48. The lowest BCUT2D eigenvalue weighted by atomic mass is 9.99. The average Bonchev–Trinajstić information content (AvgIpc) is 2.79. The Kier molecular flexibility index (Phi) is 6.12. The highest BCUT2D eigenvalue weighted by Gasteiger charge is 2.11. The highest BCUT2D eigenvalue weighted by Crippen LogP contribution is 2.27. The maximum atomic E-state index is 15.0. The fourth-order valence-corrected chi connectivity index (χ4v) is 3.55. The zero-order valence-corrected chi connectivity index (χ0v) is 16.9. The zero-order chi connectivity index (χ0) is 21.8. The first-order valence-corrected chi connectivity index (χ1v) is 10.1. The van der Waals surface area contributed by atoms with Crippen molar-refractivity contribution in [1.82, 2.24) is 9.97 Å². The van der Waals surface area contributed by atoms with E-state index in [4.69, 9.17) is 0 Å². The first-order valence-electron chi connectivity index (χ1n) is 10.1. The number of hydrogen-bond acceptors (Lipinski definition) is 2. The molecule has 4 aromatic rings. The average molecular weight is 418 g/mol. The van der Waals surface area contributed by atoms with Gasteiger partial charge in [0.05, 0.1) is 0 Å². The van der Waals surface area contributed by atoms with Crippen molar-refractivity contribution in [2.24, 2.45) is 0 Å². The van der Waals surface area contributed by atoms with Crippen molar-refractivity contribution in [2.75, 3.05) is 0 Å². The lowest BCUT2D eigenvalue weighted by molar-refractivity contribution is 0.507. The van der Waals surface area contributed by atoms with E-state index >= 15 is 4.39 Å². The Morgan fingerprint density at radius 3 is 2.32 bits per heavy atom. The second kappa shape index (κ2) is 9.13. The fraction of sp³-hybridized carbons (Fsp3) is 0.154. The van der Waals surface area contributed by atoms with E-state index in [0.717, 1.165) is 41.5 Å².